The van der Waals surface area contributed by atoms with Crippen molar-refractivity contribution in [2.45, 2.75) is 50.1 Å². The van der Waals surface area contributed by atoms with Crippen LogP contribution in [0.4, 0.5) is 10.5 Å². The molecule has 2 aromatic carbocycles. The molecule has 2 aromatic rings. The number of hydrogen-bond acceptors (Lipinski definition) is 7. The number of carbonyl (C=O) groups is 2. The smallest absolute Gasteiger partial charge is 0.408 e. The topological polar surface area (TPSA) is 114 Å². The Balaban J connectivity index is 1.67. The molecule has 9 nitrogen and oxygen atoms in total. The first-order valence-corrected chi connectivity index (χ1v) is 15.1. The number of ether oxygens (including phenoxy) is 2. The maximum atomic E-state index is 13.5. The summed E-state index contributed by atoms with van der Waals surface area (Å²) in [6.45, 7) is 5.21. The first-order chi connectivity index (χ1) is 17.8. The molecule has 2 saturated heterocycles. The summed E-state index contributed by atoms with van der Waals surface area (Å²) in [6, 6.07) is 13.0. The first-order valence-electron chi connectivity index (χ1n) is 12.0. The largest absolute Gasteiger partial charge is 0.495 e. The Bertz CT molecular complexity index is 1340. The van der Waals surface area contributed by atoms with E-state index in [1.165, 1.54) is 18.9 Å². The Morgan fingerprint density at radius 3 is 2.53 bits per heavy atom. The third kappa shape index (κ3) is 6.81. The highest BCUT2D eigenvalue weighted by molar-refractivity contribution is 8.16. The minimum atomic E-state index is -3.25. The van der Waals surface area contributed by atoms with Gasteiger partial charge >= 0.3 is 6.09 Å². The zero-order chi connectivity index (χ0) is 27.7. The van der Waals surface area contributed by atoms with Gasteiger partial charge in [0.1, 0.15) is 17.4 Å². The van der Waals surface area contributed by atoms with Crippen LogP contribution in [0.25, 0.3) is 0 Å². The van der Waals surface area contributed by atoms with Gasteiger partial charge in [0.25, 0.3) is 5.91 Å². The molecule has 204 valence electrons. The standard InChI is InChI=1S/C26H30ClN3O6S2/c1-26(2,3)36-25(32)28-19(12-16-8-6-5-7-9-16)23(31)29-24-30(17-10-11-21(35-4)18(27)13-17)20-14-38(33,34)15-22(20)37-24/h5-11,13,19-20,22H,12,14-15H2,1-4H3,(H,28,32)/t19-,20-,22-/m0/s1. The van der Waals surface area contributed by atoms with Gasteiger partial charge in [-0.15, -0.1) is 0 Å². The summed E-state index contributed by atoms with van der Waals surface area (Å²) < 4.78 is 35.4. The number of thioether (sulfide) groups is 1. The Morgan fingerprint density at radius 1 is 1.18 bits per heavy atom. The van der Waals surface area contributed by atoms with Crippen LogP contribution in [-0.4, -0.2) is 67.1 Å². The number of nitrogens with zero attached hydrogens (tertiary/aromatic N) is 2. The monoisotopic (exact) mass is 579 g/mol. The minimum Gasteiger partial charge on any atom is -0.495 e. The number of hydrogen-bond donors (Lipinski definition) is 1. The van der Waals surface area contributed by atoms with E-state index in [0.717, 1.165) is 5.56 Å². The third-order valence-electron chi connectivity index (χ3n) is 5.96. The zero-order valence-electron chi connectivity index (χ0n) is 21.5. The maximum Gasteiger partial charge on any atom is 0.408 e. The molecule has 0 aromatic heterocycles. The normalized spacial score (nSPS) is 22.1. The number of sulfone groups is 1. The second-order valence-corrected chi connectivity index (χ2v) is 13.9. The Kier molecular flexibility index (Phi) is 8.29. The molecule has 0 radical (unpaired) electrons. The summed E-state index contributed by atoms with van der Waals surface area (Å²) in [5, 5.41) is 3.06. The lowest BCUT2D eigenvalue weighted by Crippen LogP contribution is -2.45. The van der Waals surface area contributed by atoms with Gasteiger partial charge in [-0.25, -0.2) is 13.2 Å². The lowest BCUT2D eigenvalue weighted by atomic mass is 10.1. The number of anilines is 1. The molecular weight excluding hydrogens is 550 g/mol. The minimum absolute atomic E-state index is 0.0144. The highest BCUT2D eigenvalue weighted by Crippen LogP contribution is 2.42. The molecule has 0 unspecified atom stereocenters. The Morgan fingerprint density at radius 2 is 1.89 bits per heavy atom. The van der Waals surface area contributed by atoms with E-state index in [4.69, 9.17) is 21.1 Å². The van der Waals surface area contributed by atoms with Gasteiger partial charge in [0.2, 0.25) is 0 Å². The number of methoxy groups -OCH3 is 1. The molecule has 38 heavy (non-hydrogen) atoms. The quantitative estimate of drug-likeness (QED) is 0.544. The van der Waals surface area contributed by atoms with Crippen molar-refractivity contribution in [2.75, 3.05) is 23.5 Å². The van der Waals surface area contributed by atoms with Gasteiger partial charge in [-0.2, -0.15) is 4.99 Å². The molecule has 0 spiro atoms. The lowest BCUT2D eigenvalue weighted by molar-refractivity contribution is -0.119. The highest BCUT2D eigenvalue weighted by atomic mass is 35.5. The van der Waals surface area contributed by atoms with Crippen molar-refractivity contribution in [1.82, 2.24) is 5.32 Å². The van der Waals surface area contributed by atoms with Gasteiger partial charge in [-0.05, 0) is 44.5 Å². The molecular formula is C26H30ClN3O6S2. The van der Waals surface area contributed by atoms with Crippen LogP contribution in [-0.2, 0) is 25.8 Å². The molecule has 1 N–H and O–H groups in total. The van der Waals surface area contributed by atoms with Crippen molar-refractivity contribution < 1.29 is 27.5 Å². The van der Waals surface area contributed by atoms with Crippen LogP contribution in [0.5, 0.6) is 5.75 Å². The second kappa shape index (κ2) is 11.2. The number of halogens is 1. The number of nitrogens with one attached hydrogen (secondary N) is 1. The molecule has 4 rings (SSSR count). The van der Waals surface area contributed by atoms with Crippen molar-refractivity contribution >= 4 is 56.1 Å². The summed E-state index contributed by atoms with van der Waals surface area (Å²) in [5.74, 6) is -0.184. The van der Waals surface area contributed by atoms with Crippen LogP contribution in [0.1, 0.15) is 26.3 Å². The van der Waals surface area contributed by atoms with Crippen LogP contribution in [0.2, 0.25) is 5.02 Å². The molecule has 0 aliphatic carbocycles. The van der Waals surface area contributed by atoms with Crippen molar-refractivity contribution in [3.8, 4) is 5.75 Å². The summed E-state index contributed by atoms with van der Waals surface area (Å²) in [5.41, 5.74) is 0.687. The molecule has 12 heteroatoms. The SMILES string of the molecule is COc1ccc(N2C(=NC(=O)[C@H](Cc3ccccc3)NC(=O)OC(C)(C)C)S[C@H]3CS(=O)(=O)C[C@@H]32)cc1Cl. The fraction of sp³-hybridized carbons (Fsp3) is 0.423. The predicted octanol–water partition coefficient (Wildman–Crippen LogP) is 4.09. The number of fused-ring (bicyclic) bond motifs is 1. The number of alkyl carbamates (subject to hydrolysis) is 1. The number of amides is 2. The average Bonchev–Trinajstić information content (AvgIpc) is 3.28. The van der Waals surface area contributed by atoms with Crippen LogP contribution in [0.15, 0.2) is 53.5 Å². The Labute approximate surface area is 231 Å². The fourth-order valence-corrected chi connectivity index (χ4v) is 8.51. The van der Waals surface area contributed by atoms with E-state index in [9.17, 15) is 18.0 Å². The molecule has 2 aliphatic rings. The van der Waals surface area contributed by atoms with E-state index in [1.54, 1.807) is 43.9 Å². The highest BCUT2D eigenvalue weighted by Gasteiger charge is 2.49. The molecule has 2 heterocycles. The zero-order valence-corrected chi connectivity index (χ0v) is 23.9. The van der Waals surface area contributed by atoms with Gasteiger partial charge in [0.05, 0.1) is 29.7 Å². The van der Waals surface area contributed by atoms with Gasteiger partial charge in [-0.1, -0.05) is 53.7 Å². The molecule has 2 fully saturated rings. The Hall–Kier alpha value is -2.76. The molecule has 3 atom stereocenters. The molecule has 2 amide bonds. The number of rotatable bonds is 6. The maximum absolute atomic E-state index is 13.5. The number of benzene rings is 2. The van der Waals surface area contributed by atoms with Crippen LogP contribution in [0.3, 0.4) is 0 Å². The number of aliphatic imine (C=N–C) groups is 1. The molecule has 0 bridgehead atoms. The van der Waals surface area contributed by atoms with Crippen molar-refractivity contribution in [3.05, 3.63) is 59.1 Å². The second-order valence-electron chi connectivity index (χ2n) is 10.1. The van der Waals surface area contributed by atoms with Crippen molar-refractivity contribution in [3.63, 3.8) is 0 Å². The summed E-state index contributed by atoms with van der Waals surface area (Å²) in [6.07, 6.45) is -0.525. The first kappa shape index (κ1) is 28.3. The van der Waals surface area contributed by atoms with E-state index in [1.807, 2.05) is 30.3 Å². The lowest BCUT2D eigenvalue weighted by Gasteiger charge is -2.26. The van der Waals surface area contributed by atoms with E-state index in [0.29, 0.717) is 21.6 Å². The number of carbonyl (C=O) groups excluding carboxylic acids is 2. The van der Waals surface area contributed by atoms with E-state index in [2.05, 4.69) is 10.3 Å². The van der Waals surface area contributed by atoms with Crippen molar-refractivity contribution in [1.29, 1.82) is 0 Å². The summed E-state index contributed by atoms with van der Waals surface area (Å²) >= 11 is 7.61. The molecule has 0 saturated carbocycles. The van der Waals surface area contributed by atoms with Gasteiger partial charge in [-0.3, -0.25) is 4.79 Å². The van der Waals surface area contributed by atoms with E-state index < -0.39 is 39.5 Å². The average molecular weight is 580 g/mol. The van der Waals surface area contributed by atoms with Gasteiger partial charge < -0.3 is 19.7 Å². The number of amidine groups is 1. The van der Waals surface area contributed by atoms with Crippen LogP contribution < -0.4 is 15.0 Å². The van der Waals surface area contributed by atoms with Gasteiger partial charge in [0.15, 0.2) is 15.0 Å². The van der Waals surface area contributed by atoms with E-state index in [-0.39, 0.29) is 23.2 Å². The summed E-state index contributed by atoms with van der Waals surface area (Å²) in [4.78, 5) is 32.3. The van der Waals surface area contributed by atoms with Crippen LogP contribution in [0, 0.1) is 0 Å². The summed E-state index contributed by atoms with van der Waals surface area (Å²) in [7, 11) is -1.74. The fourth-order valence-electron chi connectivity index (χ4n) is 4.34. The van der Waals surface area contributed by atoms with Crippen LogP contribution >= 0.6 is 23.4 Å². The van der Waals surface area contributed by atoms with Crippen molar-refractivity contribution in [2.24, 2.45) is 4.99 Å². The third-order valence-corrected chi connectivity index (χ3v) is 9.46. The predicted molar refractivity (Wildman–Crippen MR) is 150 cm³/mol. The van der Waals surface area contributed by atoms with Gasteiger partial charge in [0, 0.05) is 17.4 Å². The molecule has 2 aliphatic heterocycles. The van der Waals surface area contributed by atoms with E-state index >= 15 is 0 Å².